The molecule has 3 rings (SSSR count). The predicted octanol–water partition coefficient (Wildman–Crippen LogP) is 2.20. The first-order valence-electron chi connectivity index (χ1n) is 5.58. The maximum atomic E-state index is 5.83. The van der Waals surface area contributed by atoms with E-state index >= 15 is 0 Å². The first-order valence-corrected chi connectivity index (χ1v) is 5.58. The van der Waals surface area contributed by atoms with Gasteiger partial charge in [0.15, 0.2) is 0 Å². The minimum atomic E-state index is 0.166. The van der Waals surface area contributed by atoms with E-state index in [0.29, 0.717) is 0 Å². The third kappa shape index (κ3) is 1.74. The minimum absolute atomic E-state index is 0.166. The van der Waals surface area contributed by atoms with Crippen molar-refractivity contribution in [2.24, 2.45) is 0 Å². The first-order chi connectivity index (χ1) is 7.93. The highest BCUT2D eigenvalue weighted by molar-refractivity contribution is 5.30. The number of hydrogen-bond acceptors (Lipinski definition) is 2. The number of aromatic nitrogens is 2. The minimum Gasteiger partial charge on any atom is -0.371 e. The van der Waals surface area contributed by atoms with E-state index in [0.717, 1.165) is 19.6 Å². The van der Waals surface area contributed by atoms with E-state index in [1.807, 2.05) is 12.5 Å². The zero-order valence-corrected chi connectivity index (χ0v) is 9.04. The fourth-order valence-corrected chi connectivity index (χ4v) is 2.21. The summed E-state index contributed by atoms with van der Waals surface area (Å²) < 4.78 is 7.89. The van der Waals surface area contributed by atoms with Crippen LogP contribution in [0.5, 0.6) is 0 Å². The van der Waals surface area contributed by atoms with Crippen molar-refractivity contribution in [2.45, 2.75) is 19.1 Å². The maximum absolute atomic E-state index is 5.83. The number of imidazole rings is 1. The monoisotopic (exact) mass is 214 g/mol. The number of benzene rings is 1. The second-order valence-electron chi connectivity index (χ2n) is 4.07. The molecule has 2 aromatic rings. The lowest BCUT2D eigenvalue weighted by atomic mass is 9.97. The molecule has 1 aromatic carbocycles. The van der Waals surface area contributed by atoms with Gasteiger partial charge in [-0.2, -0.15) is 0 Å². The molecule has 16 heavy (non-hydrogen) atoms. The average molecular weight is 214 g/mol. The maximum Gasteiger partial charge on any atom is 0.101 e. The molecule has 0 spiro atoms. The van der Waals surface area contributed by atoms with Gasteiger partial charge in [-0.1, -0.05) is 24.3 Å². The number of hydrogen-bond donors (Lipinski definition) is 0. The Kier molecular flexibility index (Phi) is 2.46. The van der Waals surface area contributed by atoms with Gasteiger partial charge in [-0.3, -0.25) is 0 Å². The molecule has 0 saturated carbocycles. The molecule has 0 radical (unpaired) electrons. The summed E-state index contributed by atoms with van der Waals surface area (Å²) in [6.07, 6.45) is 6.80. The summed E-state index contributed by atoms with van der Waals surface area (Å²) in [5.41, 5.74) is 2.74. The molecule has 3 nitrogen and oxygen atoms in total. The average Bonchev–Trinajstić information content (AvgIpc) is 2.82. The van der Waals surface area contributed by atoms with Crippen LogP contribution in [0.4, 0.5) is 0 Å². The molecule has 3 heteroatoms. The quantitative estimate of drug-likeness (QED) is 0.766. The lowest BCUT2D eigenvalue weighted by molar-refractivity contribution is 0.0306. The van der Waals surface area contributed by atoms with Crippen molar-refractivity contribution in [3.63, 3.8) is 0 Å². The number of fused-ring (bicyclic) bond motifs is 1. The molecule has 82 valence electrons. The highest BCUT2D eigenvalue weighted by Crippen LogP contribution is 2.27. The molecule has 1 aliphatic rings. The van der Waals surface area contributed by atoms with E-state index in [1.54, 1.807) is 6.20 Å². The van der Waals surface area contributed by atoms with Gasteiger partial charge in [-0.05, 0) is 17.5 Å². The van der Waals surface area contributed by atoms with E-state index in [9.17, 15) is 0 Å². The van der Waals surface area contributed by atoms with Gasteiger partial charge in [0.25, 0.3) is 0 Å². The van der Waals surface area contributed by atoms with Gasteiger partial charge in [0.05, 0.1) is 19.5 Å². The fourth-order valence-electron chi connectivity index (χ4n) is 2.21. The molecule has 1 aliphatic heterocycles. The van der Waals surface area contributed by atoms with Crippen LogP contribution in [0.2, 0.25) is 0 Å². The SMILES string of the molecule is c1ccc2c(c1)CCOC2Cn1ccnc1. The Hall–Kier alpha value is -1.61. The molecule has 0 N–H and O–H groups in total. The summed E-state index contributed by atoms with van der Waals surface area (Å²) in [6, 6.07) is 8.53. The third-order valence-corrected chi connectivity index (χ3v) is 3.03. The van der Waals surface area contributed by atoms with Crippen LogP contribution in [-0.4, -0.2) is 16.2 Å². The molecule has 2 heterocycles. The molecule has 0 saturated heterocycles. The van der Waals surface area contributed by atoms with Gasteiger partial charge in [-0.25, -0.2) is 4.98 Å². The van der Waals surface area contributed by atoms with E-state index in [-0.39, 0.29) is 6.10 Å². The largest absolute Gasteiger partial charge is 0.371 e. The highest BCUT2D eigenvalue weighted by atomic mass is 16.5. The third-order valence-electron chi connectivity index (χ3n) is 3.03. The molecule has 0 bridgehead atoms. The van der Waals surface area contributed by atoms with Crippen LogP contribution in [0, 0.1) is 0 Å². The summed E-state index contributed by atoms with van der Waals surface area (Å²) in [5.74, 6) is 0. The molecular formula is C13H14N2O. The topological polar surface area (TPSA) is 27.1 Å². The Labute approximate surface area is 94.7 Å². The molecule has 1 aromatic heterocycles. The Morgan fingerprint density at radius 1 is 1.38 bits per heavy atom. The van der Waals surface area contributed by atoms with Gasteiger partial charge < -0.3 is 9.30 Å². The van der Waals surface area contributed by atoms with Crippen LogP contribution in [-0.2, 0) is 17.7 Å². The summed E-state index contributed by atoms with van der Waals surface area (Å²) in [6.45, 7) is 1.66. The second-order valence-corrected chi connectivity index (χ2v) is 4.07. The van der Waals surface area contributed by atoms with Gasteiger partial charge >= 0.3 is 0 Å². The Bertz CT molecular complexity index is 465. The number of rotatable bonds is 2. The Morgan fingerprint density at radius 3 is 3.19 bits per heavy atom. The standard InChI is InChI=1S/C13H14N2O/c1-2-4-12-11(3-1)5-8-16-13(12)9-15-7-6-14-10-15/h1-4,6-7,10,13H,5,8-9H2. The van der Waals surface area contributed by atoms with Crippen molar-refractivity contribution in [2.75, 3.05) is 6.61 Å². The highest BCUT2D eigenvalue weighted by Gasteiger charge is 2.20. The van der Waals surface area contributed by atoms with E-state index < -0.39 is 0 Å². The van der Waals surface area contributed by atoms with Gasteiger partial charge in [0.1, 0.15) is 6.10 Å². The van der Waals surface area contributed by atoms with Crippen molar-refractivity contribution in [3.8, 4) is 0 Å². The van der Waals surface area contributed by atoms with Crippen LogP contribution in [0.15, 0.2) is 43.0 Å². The Balaban J connectivity index is 1.87. The van der Waals surface area contributed by atoms with Gasteiger partial charge in [0, 0.05) is 12.4 Å². The lowest BCUT2D eigenvalue weighted by Gasteiger charge is -2.26. The zero-order chi connectivity index (χ0) is 10.8. The van der Waals surface area contributed by atoms with E-state index in [1.165, 1.54) is 11.1 Å². The van der Waals surface area contributed by atoms with Crippen LogP contribution >= 0.6 is 0 Å². The van der Waals surface area contributed by atoms with Crippen molar-refractivity contribution < 1.29 is 4.74 Å². The molecule has 0 aliphatic carbocycles. The summed E-state index contributed by atoms with van der Waals surface area (Å²) >= 11 is 0. The zero-order valence-electron chi connectivity index (χ0n) is 9.04. The molecule has 0 fully saturated rings. The van der Waals surface area contributed by atoms with Crippen molar-refractivity contribution >= 4 is 0 Å². The summed E-state index contributed by atoms with van der Waals surface area (Å²) in [7, 11) is 0. The van der Waals surface area contributed by atoms with Gasteiger partial charge in [-0.15, -0.1) is 0 Å². The van der Waals surface area contributed by atoms with Gasteiger partial charge in [0.2, 0.25) is 0 Å². The van der Waals surface area contributed by atoms with Crippen LogP contribution in [0.1, 0.15) is 17.2 Å². The normalized spacial score (nSPS) is 19.4. The van der Waals surface area contributed by atoms with Crippen LogP contribution in [0.25, 0.3) is 0 Å². The first kappa shape index (κ1) is 9.60. The summed E-state index contributed by atoms with van der Waals surface area (Å²) in [4.78, 5) is 4.05. The van der Waals surface area contributed by atoms with E-state index in [4.69, 9.17) is 4.74 Å². The second kappa shape index (κ2) is 4.10. The number of nitrogens with zero attached hydrogens (tertiary/aromatic N) is 2. The fraction of sp³-hybridized carbons (Fsp3) is 0.308. The molecule has 0 amide bonds. The van der Waals surface area contributed by atoms with E-state index in [2.05, 4.69) is 33.8 Å². The lowest BCUT2D eigenvalue weighted by Crippen LogP contribution is -2.20. The Morgan fingerprint density at radius 2 is 2.31 bits per heavy atom. The number of ether oxygens (including phenoxy) is 1. The molecule has 1 unspecified atom stereocenters. The smallest absolute Gasteiger partial charge is 0.101 e. The van der Waals surface area contributed by atoms with Crippen LogP contribution in [0.3, 0.4) is 0 Å². The summed E-state index contributed by atoms with van der Waals surface area (Å²) in [5, 5.41) is 0. The predicted molar refractivity (Wildman–Crippen MR) is 61.1 cm³/mol. The van der Waals surface area contributed by atoms with Crippen molar-refractivity contribution in [1.82, 2.24) is 9.55 Å². The molecule has 1 atom stereocenters. The van der Waals surface area contributed by atoms with Crippen molar-refractivity contribution in [1.29, 1.82) is 0 Å². The van der Waals surface area contributed by atoms with Crippen LogP contribution < -0.4 is 0 Å². The van der Waals surface area contributed by atoms with Crippen molar-refractivity contribution in [3.05, 3.63) is 54.1 Å². The molecular weight excluding hydrogens is 200 g/mol.